The highest BCUT2D eigenvalue weighted by atomic mass is 32.1. The van der Waals surface area contributed by atoms with Crippen molar-refractivity contribution in [3.63, 3.8) is 0 Å². The number of amides is 1. The first kappa shape index (κ1) is 20.6. The summed E-state index contributed by atoms with van der Waals surface area (Å²) in [4.78, 5) is 29.2. The van der Waals surface area contributed by atoms with Gasteiger partial charge in [-0.25, -0.2) is 4.98 Å². The summed E-state index contributed by atoms with van der Waals surface area (Å²) in [6, 6.07) is 14.2. The summed E-state index contributed by atoms with van der Waals surface area (Å²) in [5, 5.41) is 4.60. The SMILES string of the molecule is Cc1ccc(OCC(=O)Nc2ccc(OCc3cc(=O)n4ccsc4n3)cc2)cc1C. The Hall–Kier alpha value is -3.65. The lowest BCUT2D eigenvalue weighted by Crippen LogP contribution is -2.20. The Morgan fingerprint density at radius 3 is 2.58 bits per heavy atom. The van der Waals surface area contributed by atoms with Crippen LogP contribution in [0, 0.1) is 13.8 Å². The minimum atomic E-state index is -0.249. The van der Waals surface area contributed by atoms with E-state index in [-0.39, 0.29) is 24.7 Å². The van der Waals surface area contributed by atoms with E-state index in [9.17, 15) is 9.59 Å². The second kappa shape index (κ2) is 9.01. The van der Waals surface area contributed by atoms with Gasteiger partial charge in [-0.05, 0) is 61.4 Å². The van der Waals surface area contributed by atoms with Crippen LogP contribution in [0.15, 0.2) is 64.9 Å². The molecule has 0 fully saturated rings. The van der Waals surface area contributed by atoms with Crippen LogP contribution < -0.4 is 20.3 Å². The number of fused-ring (bicyclic) bond motifs is 1. The van der Waals surface area contributed by atoms with Crippen LogP contribution in [0.2, 0.25) is 0 Å². The zero-order chi connectivity index (χ0) is 21.8. The maximum atomic E-state index is 12.1. The number of anilines is 1. The van der Waals surface area contributed by atoms with Gasteiger partial charge in [-0.2, -0.15) is 0 Å². The molecule has 0 saturated heterocycles. The van der Waals surface area contributed by atoms with Crippen molar-refractivity contribution < 1.29 is 14.3 Å². The van der Waals surface area contributed by atoms with Crippen molar-refractivity contribution in [2.45, 2.75) is 20.5 Å². The lowest BCUT2D eigenvalue weighted by Gasteiger charge is -2.10. The van der Waals surface area contributed by atoms with Gasteiger partial charge in [0.1, 0.15) is 18.1 Å². The predicted octanol–water partition coefficient (Wildman–Crippen LogP) is 3.97. The molecule has 0 radical (unpaired) electrons. The van der Waals surface area contributed by atoms with Crippen molar-refractivity contribution in [3.8, 4) is 11.5 Å². The maximum Gasteiger partial charge on any atom is 0.262 e. The molecule has 4 rings (SSSR count). The van der Waals surface area contributed by atoms with Crippen molar-refractivity contribution >= 4 is 27.9 Å². The molecule has 0 spiro atoms. The summed E-state index contributed by atoms with van der Waals surface area (Å²) in [5.74, 6) is 1.02. The van der Waals surface area contributed by atoms with Gasteiger partial charge in [0.2, 0.25) is 0 Å². The fourth-order valence-corrected chi connectivity index (χ4v) is 3.64. The number of thiazole rings is 1. The summed E-state index contributed by atoms with van der Waals surface area (Å²) in [5.41, 5.74) is 3.36. The fourth-order valence-electron chi connectivity index (χ4n) is 2.90. The van der Waals surface area contributed by atoms with E-state index in [0.29, 0.717) is 27.8 Å². The number of carbonyl (C=O) groups excluding carboxylic acids is 1. The summed E-state index contributed by atoms with van der Waals surface area (Å²) in [7, 11) is 0. The number of ether oxygens (including phenoxy) is 2. The number of nitrogens with one attached hydrogen (secondary N) is 1. The zero-order valence-corrected chi connectivity index (χ0v) is 17.9. The highest BCUT2D eigenvalue weighted by Gasteiger charge is 2.07. The van der Waals surface area contributed by atoms with Crippen LogP contribution in [-0.2, 0) is 11.4 Å². The first-order valence-electron chi connectivity index (χ1n) is 9.66. The van der Waals surface area contributed by atoms with Crippen molar-refractivity contribution in [3.05, 3.63) is 87.3 Å². The van der Waals surface area contributed by atoms with Crippen LogP contribution in [0.3, 0.4) is 0 Å². The summed E-state index contributed by atoms with van der Waals surface area (Å²) in [6.45, 7) is 4.13. The van der Waals surface area contributed by atoms with Crippen molar-refractivity contribution in [2.75, 3.05) is 11.9 Å². The van der Waals surface area contributed by atoms with Gasteiger partial charge in [0.25, 0.3) is 11.5 Å². The number of aromatic nitrogens is 2. The lowest BCUT2D eigenvalue weighted by atomic mass is 10.1. The number of hydrogen-bond acceptors (Lipinski definition) is 6. The van der Waals surface area contributed by atoms with Crippen LogP contribution in [0.1, 0.15) is 16.8 Å². The number of hydrogen-bond donors (Lipinski definition) is 1. The molecule has 0 unspecified atom stereocenters. The van der Waals surface area contributed by atoms with E-state index in [1.165, 1.54) is 27.4 Å². The molecule has 1 N–H and O–H groups in total. The molecule has 7 nitrogen and oxygen atoms in total. The molecule has 2 aromatic heterocycles. The molecule has 1 amide bonds. The summed E-state index contributed by atoms with van der Waals surface area (Å²) < 4.78 is 12.8. The molecule has 0 saturated carbocycles. The first-order chi connectivity index (χ1) is 15.0. The second-order valence-electron chi connectivity index (χ2n) is 7.04. The third-order valence-electron chi connectivity index (χ3n) is 4.73. The number of nitrogens with zero attached hydrogens (tertiary/aromatic N) is 2. The maximum absolute atomic E-state index is 12.1. The third-order valence-corrected chi connectivity index (χ3v) is 5.49. The van der Waals surface area contributed by atoms with E-state index < -0.39 is 0 Å². The monoisotopic (exact) mass is 435 g/mol. The highest BCUT2D eigenvalue weighted by molar-refractivity contribution is 7.15. The molecule has 4 aromatic rings. The van der Waals surface area contributed by atoms with Gasteiger partial charge >= 0.3 is 0 Å². The second-order valence-corrected chi connectivity index (χ2v) is 7.91. The molecule has 2 aromatic carbocycles. The fraction of sp³-hybridized carbons (Fsp3) is 0.174. The van der Waals surface area contributed by atoms with Gasteiger partial charge in [-0.3, -0.25) is 14.0 Å². The molecule has 0 aliphatic heterocycles. The highest BCUT2D eigenvalue weighted by Crippen LogP contribution is 2.18. The third kappa shape index (κ3) is 5.10. The number of rotatable bonds is 7. The van der Waals surface area contributed by atoms with Crippen molar-refractivity contribution in [1.29, 1.82) is 0 Å². The van der Waals surface area contributed by atoms with E-state index in [4.69, 9.17) is 9.47 Å². The van der Waals surface area contributed by atoms with Gasteiger partial charge in [-0.1, -0.05) is 6.07 Å². The van der Waals surface area contributed by atoms with E-state index in [2.05, 4.69) is 10.3 Å². The van der Waals surface area contributed by atoms with Crippen LogP contribution in [0.25, 0.3) is 4.96 Å². The van der Waals surface area contributed by atoms with E-state index in [1.54, 1.807) is 30.5 Å². The Bertz CT molecular complexity index is 1280. The quantitative estimate of drug-likeness (QED) is 0.475. The normalized spacial score (nSPS) is 10.8. The van der Waals surface area contributed by atoms with Crippen LogP contribution >= 0.6 is 11.3 Å². The molecule has 31 heavy (non-hydrogen) atoms. The predicted molar refractivity (Wildman–Crippen MR) is 120 cm³/mol. The lowest BCUT2D eigenvalue weighted by molar-refractivity contribution is -0.118. The molecule has 8 heteroatoms. The number of benzene rings is 2. The summed E-state index contributed by atoms with van der Waals surface area (Å²) >= 11 is 1.39. The van der Waals surface area contributed by atoms with E-state index in [0.717, 1.165) is 5.56 Å². The Morgan fingerprint density at radius 1 is 1.03 bits per heavy atom. The molecule has 0 aliphatic rings. The van der Waals surface area contributed by atoms with Crippen LogP contribution in [-0.4, -0.2) is 21.9 Å². The standard InChI is InChI=1S/C23H21N3O4S/c1-15-3-6-20(11-16(15)2)30-14-21(27)24-17-4-7-19(8-5-17)29-13-18-12-22(28)26-9-10-31-23(26)25-18/h3-12H,13-14H2,1-2H3,(H,24,27). The zero-order valence-electron chi connectivity index (χ0n) is 17.1. The molecular weight excluding hydrogens is 414 g/mol. The number of carbonyl (C=O) groups is 1. The van der Waals surface area contributed by atoms with Gasteiger partial charge in [-0.15, -0.1) is 11.3 Å². The largest absolute Gasteiger partial charge is 0.487 e. The Balaban J connectivity index is 1.29. The average Bonchev–Trinajstić information content (AvgIpc) is 3.23. The van der Waals surface area contributed by atoms with Gasteiger partial charge < -0.3 is 14.8 Å². The van der Waals surface area contributed by atoms with Gasteiger partial charge in [0, 0.05) is 23.3 Å². The van der Waals surface area contributed by atoms with E-state index >= 15 is 0 Å². The molecule has 0 atom stereocenters. The van der Waals surface area contributed by atoms with Crippen molar-refractivity contribution in [2.24, 2.45) is 0 Å². The number of aryl methyl sites for hydroxylation is 2. The molecule has 0 bridgehead atoms. The Morgan fingerprint density at radius 2 is 1.81 bits per heavy atom. The van der Waals surface area contributed by atoms with Gasteiger partial charge in [0.15, 0.2) is 11.6 Å². The average molecular weight is 436 g/mol. The Kier molecular flexibility index (Phi) is 5.99. The van der Waals surface area contributed by atoms with Gasteiger partial charge in [0.05, 0.1) is 5.69 Å². The van der Waals surface area contributed by atoms with Crippen LogP contribution in [0.5, 0.6) is 11.5 Å². The van der Waals surface area contributed by atoms with E-state index in [1.807, 2.05) is 37.4 Å². The summed E-state index contributed by atoms with van der Waals surface area (Å²) in [6.07, 6.45) is 1.69. The molecular formula is C23H21N3O4S. The minimum Gasteiger partial charge on any atom is -0.487 e. The van der Waals surface area contributed by atoms with Crippen LogP contribution in [0.4, 0.5) is 5.69 Å². The Labute approximate surface area is 182 Å². The molecule has 0 aliphatic carbocycles. The molecule has 2 heterocycles. The molecule has 158 valence electrons. The smallest absolute Gasteiger partial charge is 0.262 e. The van der Waals surface area contributed by atoms with Crippen molar-refractivity contribution in [1.82, 2.24) is 9.38 Å². The topological polar surface area (TPSA) is 81.9 Å². The minimum absolute atomic E-state index is 0.0762. The first-order valence-corrected chi connectivity index (χ1v) is 10.5.